The molecule has 0 radical (unpaired) electrons. The third kappa shape index (κ3) is 3.00. The molecule has 0 atom stereocenters. The van der Waals surface area contributed by atoms with Crippen molar-refractivity contribution in [1.82, 2.24) is 9.78 Å². The molecule has 4 nitrogen and oxygen atoms in total. The van der Waals surface area contributed by atoms with Gasteiger partial charge in [0.15, 0.2) is 0 Å². The third-order valence-corrected chi connectivity index (χ3v) is 6.85. The fourth-order valence-corrected chi connectivity index (χ4v) is 5.39. The number of aryl methyl sites for hydroxylation is 2. The van der Waals surface area contributed by atoms with Crippen LogP contribution in [0.2, 0.25) is 0 Å². The molecule has 1 aromatic carbocycles. The van der Waals surface area contributed by atoms with Gasteiger partial charge in [0.25, 0.3) is 5.56 Å². The van der Waals surface area contributed by atoms with Crippen molar-refractivity contribution in [3.63, 3.8) is 0 Å². The van der Waals surface area contributed by atoms with Crippen LogP contribution in [0.25, 0.3) is 16.9 Å². The maximum Gasteiger partial charge on any atom is 0.271 e. The van der Waals surface area contributed by atoms with Crippen LogP contribution in [0.5, 0.6) is 5.75 Å². The lowest BCUT2D eigenvalue weighted by Gasteiger charge is -2.10. The molecule has 0 aliphatic carbocycles. The van der Waals surface area contributed by atoms with E-state index in [4.69, 9.17) is 9.84 Å². The summed E-state index contributed by atoms with van der Waals surface area (Å²) < 4.78 is 7.99. The van der Waals surface area contributed by atoms with Crippen LogP contribution in [0.15, 0.2) is 45.4 Å². The summed E-state index contributed by atoms with van der Waals surface area (Å²) >= 11 is 3.71. The van der Waals surface area contributed by atoms with Crippen molar-refractivity contribution in [3.05, 3.63) is 57.2 Å². The van der Waals surface area contributed by atoms with Crippen molar-refractivity contribution in [2.24, 2.45) is 0 Å². The Hall–Kier alpha value is -2.05. The minimum Gasteiger partial charge on any atom is -0.497 e. The zero-order valence-corrected chi connectivity index (χ0v) is 15.7. The van der Waals surface area contributed by atoms with Crippen LogP contribution in [-0.4, -0.2) is 22.6 Å². The second-order valence-corrected chi connectivity index (χ2v) is 8.33. The van der Waals surface area contributed by atoms with Gasteiger partial charge in [-0.1, -0.05) is 6.92 Å². The zero-order valence-electron chi connectivity index (χ0n) is 14.1. The van der Waals surface area contributed by atoms with Crippen LogP contribution in [0.3, 0.4) is 0 Å². The van der Waals surface area contributed by atoms with Gasteiger partial charge in [-0.05, 0) is 48.7 Å². The number of nitrogens with zero attached hydrogens (tertiary/aromatic N) is 2. The van der Waals surface area contributed by atoms with Gasteiger partial charge in [-0.2, -0.15) is 9.78 Å². The average molecular weight is 370 g/mol. The van der Waals surface area contributed by atoms with Crippen molar-refractivity contribution < 1.29 is 4.74 Å². The summed E-state index contributed by atoms with van der Waals surface area (Å²) in [6.45, 7) is 2.17. The molecule has 0 saturated heterocycles. The van der Waals surface area contributed by atoms with Gasteiger partial charge in [-0.3, -0.25) is 4.79 Å². The molecule has 2 aromatic heterocycles. The Morgan fingerprint density at radius 2 is 2.04 bits per heavy atom. The van der Waals surface area contributed by atoms with Gasteiger partial charge in [-0.15, -0.1) is 23.1 Å². The minimum absolute atomic E-state index is 0.0942. The van der Waals surface area contributed by atoms with Gasteiger partial charge >= 0.3 is 0 Å². The molecule has 0 saturated carbocycles. The van der Waals surface area contributed by atoms with E-state index < -0.39 is 0 Å². The Morgan fingerprint density at radius 1 is 1.24 bits per heavy atom. The lowest BCUT2D eigenvalue weighted by molar-refractivity contribution is 0.414. The van der Waals surface area contributed by atoms with Crippen LogP contribution in [-0.2, 0) is 12.8 Å². The van der Waals surface area contributed by atoms with Crippen LogP contribution < -0.4 is 10.3 Å². The molecule has 128 valence electrons. The molecule has 0 unspecified atom stereocenters. The molecule has 3 aromatic rings. The first-order chi connectivity index (χ1) is 12.2. The van der Waals surface area contributed by atoms with Crippen LogP contribution in [0, 0.1) is 0 Å². The molecule has 0 spiro atoms. The van der Waals surface area contributed by atoms with E-state index in [0.717, 1.165) is 41.3 Å². The first-order valence-corrected chi connectivity index (χ1v) is 10.0. The number of fused-ring (bicyclic) bond motifs is 3. The molecule has 0 bridgehead atoms. The van der Waals surface area contributed by atoms with E-state index in [1.165, 1.54) is 19.3 Å². The van der Waals surface area contributed by atoms with Gasteiger partial charge < -0.3 is 4.74 Å². The van der Waals surface area contributed by atoms with E-state index in [1.807, 2.05) is 47.4 Å². The lowest BCUT2D eigenvalue weighted by Crippen LogP contribution is -2.22. The maximum atomic E-state index is 12.6. The first kappa shape index (κ1) is 16.4. The van der Waals surface area contributed by atoms with Gasteiger partial charge in [0.05, 0.1) is 22.7 Å². The second kappa shape index (κ2) is 6.69. The topological polar surface area (TPSA) is 44.1 Å². The molecule has 3 heterocycles. The Bertz CT molecular complexity index is 974. The van der Waals surface area contributed by atoms with Crippen LogP contribution in [0.4, 0.5) is 0 Å². The molecule has 0 N–H and O–H groups in total. The molecule has 1 aliphatic heterocycles. The van der Waals surface area contributed by atoms with Crippen molar-refractivity contribution in [2.45, 2.75) is 24.0 Å². The number of thiophene rings is 1. The van der Waals surface area contributed by atoms with Gasteiger partial charge in [0.2, 0.25) is 0 Å². The average Bonchev–Trinajstić information content (AvgIpc) is 2.98. The summed E-state index contributed by atoms with van der Waals surface area (Å²) in [4.78, 5) is 14.0. The monoisotopic (exact) mass is 370 g/mol. The third-order valence-electron chi connectivity index (χ3n) is 4.28. The summed E-state index contributed by atoms with van der Waals surface area (Å²) in [6, 6.07) is 11.4. The van der Waals surface area contributed by atoms with Crippen molar-refractivity contribution in [2.75, 3.05) is 12.9 Å². The molecule has 25 heavy (non-hydrogen) atoms. The van der Waals surface area contributed by atoms with E-state index in [0.29, 0.717) is 0 Å². The van der Waals surface area contributed by atoms with E-state index in [2.05, 4.69) is 13.0 Å². The van der Waals surface area contributed by atoms with Gasteiger partial charge in [-0.25, -0.2) is 0 Å². The van der Waals surface area contributed by atoms with Gasteiger partial charge in [0.1, 0.15) is 5.75 Å². The number of hydrogen-bond donors (Lipinski definition) is 0. The zero-order chi connectivity index (χ0) is 17.4. The highest BCUT2D eigenvalue weighted by Crippen LogP contribution is 2.42. The Morgan fingerprint density at radius 3 is 2.76 bits per heavy atom. The summed E-state index contributed by atoms with van der Waals surface area (Å²) in [7, 11) is 1.63. The predicted octanol–water partition coefficient (Wildman–Crippen LogP) is 4.18. The highest BCUT2D eigenvalue weighted by atomic mass is 32.2. The smallest absolute Gasteiger partial charge is 0.271 e. The number of rotatable bonds is 3. The van der Waals surface area contributed by atoms with Crippen LogP contribution >= 0.6 is 23.1 Å². The van der Waals surface area contributed by atoms with Crippen molar-refractivity contribution >= 4 is 23.1 Å². The largest absolute Gasteiger partial charge is 0.497 e. The number of hydrogen-bond acceptors (Lipinski definition) is 5. The van der Waals surface area contributed by atoms with E-state index in [1.54, 1.807) is 13.2 Å². The highest BCUT2D eigenvalue weighted by Gasteiger charge is 2.21. The normalized spacial score (nSPS) is 13.0. The summed E-state index contributed by atoms with van der Waals surface area (Å²) in [5.41, 5.74) is 3.80. The molecular formula is C19H18N2O2S2. The Kier molecular flexibility index (Phi) is 4.39. The quantitative estimate of drug-likeness (QED) is 0.694. The fraction of sp³-hybridized carbons (Fsp3) is 0.263. The number of aromatic nitrogens is 2. The second-order valence-electron chi connectivity index (χ2n) is 5.83. The molecule has 6 heteroatoms. The highest BCUT2D eigenvalue weighted by molar-refractivity contribution is 8.01. The lowest BCUT2D eigenvalue weighted by atomic mass is 10.1. The van der Waals surface area contributed by atoms with Gasteiger partial charge in [0, 0.05) is 22.3 Å². The predicted molar refractivity (Wildman–Crippen MR) is 104 cm³/mol. The standard InChI is InChI=1S/C19H18N2O2S2/c1-3-15-11-16-18-12(8-9-24-19(16)25-15)10-17(22)21(20-18)13-4-6-14(23-2)7-5-13/h4-7,10-11H,3,8-9H2,1-2H3. The van der Waals surface area contributed by atoms with E-state index in [9.17, 15) is 4.79 Å². The summed E-state index contributed by atoms with van der Waals surface area (Å²) in [6.07, 6.45) is 1.89. The Balaban J connectivity index is 1.88. The molecule has 0 amide bonds. The van der Waals surface area contributed by atoms with E-state index in [-0.39, 0.29) is 5.56 Å². The molecular weight excluding hydrogens is 352 g/mol. The van der Waals surface area contributed by atoms with E-state index >= 15 is 0 Å². The van der Waals surface area contributed by atoms with Crippen molar-refractivity contribution in [3.8, 4) is 22.7 Å². The van der Waals surface area contributed by atoms with Crippen LogP contribution in [0.1, 0.15) is 17.4 Å². The fourth-order valence-electron chi connectivity index (χ4n) is 2.94. The molecule has 4 rings (SSSR count). The summed E-state index contributed by atoms with van der Waals surface area (Å²) in [5, 5.41) is 4.74. The Labute approximate surface area is 154 Å². The summed E-state index contributed by atoms with van der Waals surface area (Å²) in [5.74, 6) is 1.74. The number of thioether (sulfide) groups is 1. The number of ether oxygens (including phenoxy) is 1. The maximum absolute atomic E-state index is 12.6. The van der Waals surface area contributed by atoms with Crippen molar-refractivity contribution in [1.29, 1.82) is 0 Å². The number of methoxy groups -OCH3 is 1. The minimum atomic E-state index is -0.0942. The first-order valence-electron chi connectivity index (χ1n) is 8.23. The molecule has 0 fully saturated rings. The molecule has 1 aliphatic rings. The number of benzene rings is 1. The SMILES string of the molecule is CCc1cc2c(s1)SCCc1cc(=O)n(-c3ccc(OC)cc3)nc1-2.